The van der Waals surface area contributed by atoms with Crippen molar-refractivity contribution in [1.82, 2.24) is 0 Å². The number of ether oxygens (including phenoxy) is 1. The van der Waals surface area contributed by atoms with Gasteiger partial charge in [0.05, 0.1) is 43.9 Å². The standard InChI is InChI=1S/C18H20N4O3/c1-21(2)18(13-5-4-6-16(10-13)25-3)12-20-17-8-7-15(22(23)24)9-14(17)11-19/h4-10,18,20H,12H2,1-3H3/p+1/t18-/m1/s1. The van der Waals surface area contributed by atoms with Gasteiger partial charge in [-0.15, -0.1) is 0 Å². The van der Waals surface area contributed by atoms with Gasteiger partial charge in [-0.3, -0.25) is 10.1 Å². The summed E-state index contributed by atoms with van der Waals surface area (Å²) in [5, 5.41) is 23.3. The average molecular weight is 341 g/mol. The largest absolute Gasteiger partial charge is 0.497 e. The molecule has 0 fully saturated rings. The van der Waals surface area contributed by atoms with Crippen LogP contribution in [0.3, 0.4) is 0 Å². The van der Waals surface area contributed by atoms with Gasteiger partial charge in [-0.1, -0.05) is 12.1 Å². The number of benzene rings is 2. The molecule has 2 N–H and O–H groups in total. The number of hydrogen-bond donors (Lipinski definition) is 2. The predicted molar refractivity (Wildman–Crippen MR) is 94.8 cm³/mol. The lowest BCUT2D eigenvalue weighted by Gasteiger charge is -2.23. The number of nitriles is 1. The van der Waals surface area contributed by atoms with E-state index in [0.29, 0.717) is 12.2 Å². The Morgan fingerprint density at radius 2 is 2.08 bits per heavy atom. The van der Waals surface area contributed by atoms with Gasteiger partial charge in [0.15, 0.2) is 0 Å². The van der Waals surface area contributed by atoms with Crippen molar-refractivity contribution in [1.29, 1.82) is 5.26 Å². The molecule has 0 saturated heterocycles. The van der Waals surface area contributed by atoms with Crippen LogP contribution in [0.5, 0.6) is 5.75 Å². The molecule has 2 aromatic rings. The molecule has 0 bridgehead atoms. The van der Waals surface area contributed by atoms with Crippen LogP contribution in [0, 0.1) is 21.4 Å². The molecule has 1 atom stereocenters. The van der Waals surface area contributed by atoms with Gasteiger partial charge in [-0.05, 0) is 18.2 Å². The summed E-state index contributed by atoms with van der Waals surface area (Å²) in [5.74, 6) is 0.789. The maximum absolute atomic E-state index is 10.8. The smallest absolute Gasteiger partial charge is 0.270 e. The molecule has 2 aromatic carbocycles. The summed E-state index contributed by atoms with van der Waals surface area (Å²) >= 11 is 0. The first-order valence-corrected chi connectivity index (χ1v) is 7.82. The number of hydrogen-bond acceptors (Lipinski definition) is 5. The molecule has 0 heterocycles. The summed E-state index contributed by atoms with van der Waals surface area (Å²) in [6, 6.07) is 14.2. The van der Waals surface area contributed by atoms with E-state index in [4.69, 9.17) is 4.74 Å². The molecule has 0 aliphatic rings. The second kappa shape index (κ2) is 8.13. The fourth-order valence-electron chi connectivity index (χ4n) is 2.62. The van der Waals surface area contributed by atoms with Crippen molar-refractivity contribution in [2.75, 3.05) is 33.1 Å². The van der Waals surface area contributed by atoms with Crippen LogP contribution in [0.1, 0.15) is 17.2 Å². The van der Waals surface area contributed by atoms with Crippen LogP contribution >= 0.6 is 0 Å². The molecule has 0 radical (unpaired) electrons. The molecular weight excluding hydrogens is 320 g/mol. The van der Waals surface area contributed by atoms with Gasteiger partial charge in [0.25, 0.3) is 5.69 Å². The lowest BCUT2D eigenvalue weighted by atomic mass is 10.0. The number of likely N-dealkylation sites (N-methyl/N-ethyl adjacent to an activating group) is 1. The van der Waals surface area contributed by atoms with Crippen LogP contribution in [0.2, 0.25) is 0 Å². The molecule has 0 aliphatic heterocycles. The Hall–Kier alpha value is -3.11. The van der Waals surface area contributed by atoms with Gasteiger partial charge in [-0.25, -0.2) is 0 Å². The van der Waals surface area contributed by atoms with E-state index in [1.807, 2.05) is 44.4 Å². The molecule has 0 amide bonds. The number of nitro groups is 1. The maximum atomic E-state index is 10.8. The summed E-state index contributed by atoms with van der Waals surface area (Å²) in [4.78, 5) is 11.5. The van der Waals surface area contributed by atoms with Gasteiger partial charge >= 0.3 is 0 Å². The Balaban J connectivity index is 2.22. The van der Waals surface area contributed by atoms with Gasteiger partial charge in [-0.2, -0.15) is 5.26 Å². The molecule has 0 aliphatic carbocycles. The van der Waals surface area contributed by atoms with Crippen molar-refractivity contribution in [2.45, 2.75) is 6.04 Å². The molecule has 0 saturated carbocycles. The third-order valence-electron chi connectivity index (χ3n) is 4.02. The zero-order valence-electron chi connectivity index (χ0n) is 14.4. The lowest BCUT2D eigenvalue weighted by Crippen LogP contribution is -3.06. The van der Waals surface area contributed by atoms with Crippen LogP contribution in [-0.4, -0.2) is 32.7 Å². The highest BCUT2D eigenvalue weighted by atomic mass is 16.6. The van der Waals surface area contributed by atoms with E-state index >= 15 is 0 Å². The second-order valence-corrected chi connectivity index (χ2v) is 5.89. The SMILES string of the molecule is COc1cccc([C@@H](CNc2ccc([N+](=O)[O-])cc2C#N)[NH+](C)C)c1. The number of nitro benzene ring substituents is 1. The molecule has 0 unspecified atom stereocenters. The van der Waals surface area contributed by atoms with Crippen LogP contribution in [0.4, 0.5) is 11.4 Å². The van der Waals surface area contributed by atoms with Crippen molar-refractivity contribution in [3.05, 3.63) is 63.7 Å². The predicted octanol–water partition coefficient (Wildman–Crippen LogP) is 1.77. The fourth-order valence-corrected chi connectivity index (χ4v) is 2.62. The maximum Gasteiger partial charge on any atom is 0.270 e. The minimum atomic E-state index is -0.506. The van der Waals surface area contributed by atoms with E-state index < -0.39 is 4.92 Å². The summed E-state index contributed by atoms with van der Waals surface area (Å²) in [7, 11) is 5.73. The highest BCUT2D eigenvalue weighted by molar-refractivity contribution is 5.61. The first kappa shape index (κ1) is 18.2. The number of anilines is 1. The summed E-state index contributed by atoms with van der Waals surface area (Å²) in [6.07, 6.45) is 0. The van der Waals surface area contributed by atoms with Gasteiger partial charge in [0.1, 0.15) is 17.9 Å². The normalized spacial score (nSPS) is 11.6. The molecule has 7 nitrogen and oxygen atoms in total. The Bertz CT molecular complexity index is 799. The lowest BCUT2D eigenvalue weighted by molar-refractivity contribution is -0.890. The van der Waals surface area contributed by atoms with Crippen molar-refractivity contribution < 1.29 is 14.6 Å². The van der Waals surface area contributed by atoms with Crippen LogP contribution < -0.4 is 15.0 Å². The fraction of sp³-hybridized carbons (Fsp3) is 0.278. The third kappa shape index (κ3) is 4.46. The average Bonchev–Trinajstić information content (AvgIpc) is 2.61. The van der Waals surface area contributed by atoms with E-state index in [1.54, 1.807) is 13.2 Å². The van der Waals surface area contributed by atoms with Crippen molar-refractivity contribution in [3.8, 4) is 11.8 Å². The Labute approximate surface area is 146 Å². The number of rotatable bonds is 7. The number of quaternary nitrogens is 1. The molecule has 25 heavy (non-hydrogen) atoms. The summed E-state index contributed by atoms with van der Waals surface area (Å²) in [5.41, 5.74) is 1.85. The number of nitrogens with one attached hydrogen (secondary N) is 2. The quantitative estimate of drug-likeness (QED) is 0.591. The Morgan fingerprint density at radius 3 is 2.68 bits per heavy atom. The first-order chi connectivity index (χ1) is 12.0. The molecule has 2 rings (SSSR count). The molecule has 130 valence electrons. The highest BCUT2D eigenvalue weighted by Crippen LogP contribution is 2.23. The van der Waals surface area contributed by atoms with Gasteiger partial charge in [0.2, 0.25) is 0 Å². The monoisotopic (exact) mass is 341 g/mol. The van der Waals surface area contributed by atoms with Crippen LogP contribution in [0.15, 0.2) is 42.5 Å². The van der Waals surface area contributed by atoms with Crippen molar-refractivity contribution >= 4 is 11.4 Å². The minimum Gasteiger partial charge on any atom is -0.497 e. The minimum absolute atomic E-state index is 0.0929. The van der Waals surface area contributed by atoms with E-state index in [2.05, 4.69) is 5.32 Å². The number of methoxy groups -OCH3 is 1. The summed E-state index contributed by atoms with van der Waals surface area (Å²) in [6.45, 7) is 0.571. The third-order valence-corrected chi connectivity index (χ3v) is 4.02. The Kier molecular flexibility index (Phi) is 5.93. The Morgan fingerprint density at radius 1 is 1.32 bits per heavy atom. The number of nitrogens with zero attached hydrogens (tertiary/aromatic N) is 2. The van der Waals surface area contributed by atoms with Crippen LogP contribution in [0.25, 0.3) is 0 Å². The molecule has 0 spiro atoms. The highest BCUT2D eigenvalue weighted by Gasteiger charge is 2.19. The van der Waals surface area contributed by atoms with Crippen molar-refractivity contribution in [2.24, 2.45) is 0 Å². The second-order valence-electron chi connectivity index (χ2n) is 5.89. The molecular formula is C18H21N4O3+. The van der Waals surface area contributed by atoms with Crippen LogP contribution in [-0.2, 0) is 0 Å². The number of non-ortho nitro benzene ring substituents is 1. The van der Waals surface area contributed by atoms with E-state index in [-0.39, 0.29) is 17.3 Å². The van der Waals surface area contributed by atoms with E-state index in [1.165, 1.54) is 17.0 Å². The van der Waals surface area contributed by atoms with Gasteiger partial charge < -0.3 is 15.0 Å². The van der Waals surface area contributed by atoms with E-state index in [9.17, 15) is 15.4 Å². The zero-order chi connectivity index (χ0) is 18.4. The molecule has 7 heteroatoms. The topological polar surface area (TPSA) is 92.6 Å². The summed E-state index contributed by atoms with van der Waals surface area (Å²) < 4.78 is 5.28. The zero-order valence-corrected chi connectivity index (χ0v) is 14.4. The van der Waals surface area contributed by atoms with E-state index in [0.717, 1.165) is 11.3 Å². The van der Waals surface area contributed by atoms with Gasteiger partial charge in [0, 0.05) is 17.7 Å². The first-order valence-electron chi connectivity index (χ1n) is 7.82. The van der Waals surface area contributed by atoms with Crippen molar-refractivity contribution in [3.63, 3.8) is 0 Å². The molecule has 0 aromatic heterocycles.